The Balaban J connectivity index is 0.00000625. The smallest absolute Gasteiger partial charge is 0.240 e. The van der Waals surface area contributed by atoms with Crippen LogP contribution in [0.25, 0.3) is 0 Å². The largest absolute Gasteiger partial charge is 0.383 e. The van der Waals surface area contributed by atoms with Gasteiger partial charge in [0.2, 0.25) is 5.91 Å². The van der Waals surface area contributed by atoms with Gasteiger partial charge >= 0.3 is 0 Å². The number of ether oxygens (including phenoxy) is 1. The minimum Gasteiger partial charge on any atom is -0.383 e. The quantitative estimate of drug-likeness (QED) is 0.326. The number of nitrogens with zero attached hydrogens (tertiary/aromatic N) is 3. The van der Waals surface area contributed by atoms with Gasteiger partial charge in [-0.2, -0.15) is 0 Å². The molecule has 7 nitrogen and oxygen atoms in total. The van der Waals surface area contributed by atoms with E-state index < -0.39 is 0 Å². The van der Waals surface area contributed by atoms with E-state index in [1.165, 1.54) is 12.8 Å². The Morgan fingerprint density at radius 2 is 1.92 bits per heavy atom. The van der Waals surface area contributed by atoms with Gasteiger partial charge in [0.1, 0.15) is 0 Å². The van der Waals surface area contributed by atoms with Gasteiger partial charge in [0.05, 0.1) is 13.2 Å². The van der Waals surface area contributed by atoms with E-state index >= 15 is 0 Å². The fourth-order valence-electron chi connectivity index (χ4n) is 3.00. The van der Waals surface area contributed by atoms with Crippen molar-refractivity contribution in [2.24, 2.45) is 10.9 Å². The average Bonchev–Trinajstić information content (AvgIpc) is 2.52. The Labute approximate surface area is 176 Å². The Morgan fingerprint density at radius 3 is 2.42 bits per heavy atom. The first kappa shape index (κ1) is 25.4. The highest BCUT2D eigenvalue weighted by molar-refractivity contribution is 14.0. The lowest BCUT2D eigenvalue weighted by atomic mass is 9.97. The molecule has 8 heteroatoms. The number of rotatable bonds is 7. The molecular weight excluding hydrogens is 445 g/mol. The van der Waals surface area contributed by atoms with Crippen molar-refractivity contribution >= 4 is 35.8 Å². The molecule has 2 N–H and O–H groups in total. The molecule has 1 saturated heterocycles. The SMILES string of the molecule is CN=C(NCC1CCN(CCOC)CC1)N(C)CC(=O)NC(C)(C)C.I. The molecule has 1 rings (SSSR count). The van der Waals surface area contributed by atoms with Crippen molar-refractivity contribution in [2.75, 3.05) is 60.5 Å². The first-order chi connectivity index (χ1) is 11.7. The topological polar surface area (TPSA) is 69.2 Å². The van der Waals surface area contributed by atoms with E-state index in [0.29, 0.717) is 12.5 Å². The molecule has 0 aliphatic carbocycles. The van der Waals surface area contributed by atoms with Crippen LogP contribution >= 0.6 is 24.0 Å². The molecule has 0 radical (unpaired) electrons. The number of piperidine rings is 1. The van der Waals surface area contributed by atoms with E-state index in [-0.39, 0.29) is 35.4 Å². The molecule has 0 aromatic rings. The lowest BCUT2D eigenvalue weighted by molar-refractivity contribution is -0.122. The number of guanidine groups is 1. The lowest BCUT2D eigenvalue weighted by Gasteiger charge is -2.32. The van der Waals surface area contributed by atoms with Crippen LogP contribution in [-0.2, 0) is 9.53 Å². The molecule has 0 saturated carbocycles. The predicted octanol–water partition coefficient (Wildman–Crippen LogP) is 1.38. The zero-order valence-electron chi connectivity index (χ0n) is 17.3. The summed E-state index contributed by atoms with van der Waals surface area (Å²) in [5.74, 6) is 1.42. The molecular formula is C18H38IN5O2. The fourth-order valence-corrected chi connectivity index (χ4v) is 3.00. The van der Waals surface area contributed by atoms with Gasteiger partial charge in [0, 0.05) is 39.8 Å². The van der Waals surface area contributed by atoms with Gasteiger partial charge in [-0.25, -0.2) is 0 Å². The third-order valence-corrected chi connectivity index (χ3v) is 4.34. The van der Waals surface area contributed by atoms with Crippen molar-refractivity contribution in [3.8, 4) is 0 Å². The Bertz CT molecular complexity index is 432. The second kappa shape index (κ2) is 12.7. The summed E-state index contributed by atoms with van der Waals surface area (Å²) in [4.78, 5) is 20.7. The predicted molar refractivity (Wildman–Crippen MR) is 118 cm³/mol. The molecule has 154 valence electrons. The molecule has 26 heavy (non-hydrogen) atoms. The summed E-state index contributed by atoms with van der Waals surface area (Å²) in [5.41, 5.74) is -0.217. The number of likely N-dealkylation sites (N-methyl/N-ethyl adjacent to an activating group) is 1. The molecule has 0 aromatic carbocycles. The first-order valence-corrected chi connectivity index (χ1v) is 9.19. The van der Waals surface area contributed by atoms with Crippen LogP contribution in [-0.4, -0.2) is 87.7 Å². The van der Waals surface area contributed by atoms with Crippen LogP contribution in [0.15, 0.2) is 4.99 Å². The van der Waals surface area contributed by atoms with Crippen LogP contribution in [0.5, 0.6) is 0 Å². The van der Waals surface area contributed by atoms with E-state index in [0.717, 1.165) is 38.7 Å². The number of aliphatic imine (C=N–C) groups is 1. The highest BCUT2D eigenvalue weighted by Gasteiger charge is 2.20. The number of carbonyl (C=O) groups is 1. The number of hydrogen-bond donors (Lipinski definition) is 2. The summed E-state index contributed by atoms with van der Waals surface area (Å²) < 4.78 is 5.15. The highest BCUT2D eigenvalue weighted by atomic mass is 127. The van der Waals surface area contributed by atoms with Gasteiger partial charge in [-0.1, -0.05) is 0 Å². The van der Waals surface area contributed by atoms with Crippen LogP contribution in [0.3, 0.4) is 0 Å². The average molecular weight is 483 g/mol. The van der Waals surface area contributed by atoms with Crippen LogP contribution in [0.1, 0.15) is 33.6 Å². The van der Waals surface area contributed by atoms with Gasteiger partial charge < -0.3 is 25.2 Å². The van der Waals surface area contributed by atoms with Gasteiger partial charge in [-0.05, 0) is 52.6 Å². The number of halogens is 1. The Hall–Kier alpha value is -0.610. The zero-order chi connectivity index (χ0) is 18.9. The standard InChI is InChI=1S/C18H37N5O2.HI/c1-18(2,3)21-16(24)14-22(5)17(19-4)20-13-15-7-9-23(10-8-15)11-12-25-6;/h15H,7-14H2,1-6H3,(H,19,20)(H,21,24);1H. The summed E-state index contributed by atoms with van der Waals surface area (Å²) in [6.45, 7) is 11.2. The number of amides is 1. The Morgan fingerprint density at radius 1 is 1.31 bits per heavy atom. The van der Waals surface area contributed by atoms with Crippen molar-refractivity contribution in [3.63, 3.8) is 0 Å². The van der Waals surface area contributed by atoms with Crippen molar-refractivity contribution < 1.29 is 9.53 Å². The maximum Gasteiger partial charge on any atom is 0.240 e. The summed E-state index contributed by atoms with van der Waals surface area (Å²) in [7, 11) is 5.40. The van der Waals surface area contributed by atoms with Crippen LogP contribution < -0.4 is 10.6 Å². The number of nitrogens with one attached hydrogen (secondary N) is 2. The molecule has 1 heterocycles. The minimum absolute atomic E-state index is 0. The molecule has 0 spiro atoms. The monoisotopic (exact) mass is 483 g/mol. The van der Waals surface area contributed by atoms with Gasteiger partial charge in [0.15, 0.2) is 5.96 Å². The molecule has 1 aliphatic heterocycles. The first-order valence-electron chi connectivity index (χ1n) is 9.19. The minimum atomic E-state index is -0.217. The lowest BCUT2D eigenvalue weighted by Crippen LogP contribution is -2.49. The van der Waals surface area contributed by atoms with Gasteiger partial charge in [0.25, 0.3) is 0 Å². The molecule has 0 atom stereocenters. The van der Waals surface area contributed by atoms with Crippen LogP contribution in [0.2, 0.25) is 0 Å². The summed E-state index contributed by atoms with van der Waals surface area (Å²) in [6, 6.07) is 0. The maximum atomic E-state index is 12.1. The molecule has 1 fully saturated rings. The molecule has 0 aromatic heterocycles. The number of methoxy groups -OCH3 is 1. The van der Waals surface area contributed by atoms with Crippen LogP contribution in [0.4, 0.5) is 0 Å². The second-order valence-electron chi connectivity index (χ2n) is 7.86. The van der Waals surface area contributed by atoms with Crippen molar-refractivity contribution in [1.82, 2.24) is 20.4 Å². The molecule has 0 bridgehead atoms. The summed E-state index contributed by atoms with van der Waals surface area (Å²) in [5, 5.41) is 6.39. The van der Waals surface area contributed by atoms with E-state index in [1.54, 1.807) is 14.2 Å². The van der Waals surface area contributed by atoms with E-state index in [4.69, 9.17) is 4.74 Å². The molecule has 1 aliphatic rings. The van der Waals surface area contributed by atoms with E-state index in [2.05, 4.69) is 20.5 Å². The summed E-state index contributed by atoms with van der Waals surface area (Å²) in [6.07, 6.45) is 2.36. The Kier molecular flexibility index (Phi) is 12.4. The number of likely N-dealkylation sites (tertiary alicyclic amines) is 1. The van der Waals surface area contributed by atoms with Crippen molar-refractivity contribution in [3.05, 3.63) is 0 Å². The second-order valence-corrected chi connectivity index (χ2v) is 7.86. The van der Waals surface area contributed by atoms with Crippen LogP contribution in [0, 0.1) is 5.92 Å². The van der Waals surface area contributed by atoms with E-state index in [1.807, 2.05) is 32.7 Å². The zero-order valence-corrected chi connectivity index (χ0v) is 19.6. The normalized spacial score (nSPS) is 16.8. The number of hydrogen-bond acceptors (Lipinski definition) is 4. The highest BCUT2D eigenvalue weighted by Crippen LogP contribution is 2.16. The maximum absolute atomic E-state index is 12.1. The van der Waals surface area contributed by atoms with Crippen molar-refractivity contribution in [1.29, 1.82) is 0 Å². The van der Waals surface area contributed by atoms with E-state index in [9.17, 15) is 4.79 Å². The molecule has 0 unspecified atom stereocenters. The van der Waals surface area contributed by atoms with Crippen molar-refractivity contribution in [2.45, 2.75) is 39.2 Å². The summed E-state index contributed by atoms with van der Waals surface area (Å²) >= 11 is 0. The van der Waals surface area contributed by atoms with Gasteiger partial charge in [-0.15, -0.1) is 24.0 Å². The third-order valence-electron chi connectivity index (χ3n) is 4.34. The molecule has 1 amide bonds. The fraction of sp³-hybridized carbons (Fsp3) is 0.889. The van der Waals surface area contributed by atoms with Gasteiger partial charge in [-0.3, -0.25) is 9.79 Å². The number of carbonyl (C=O) groups excluding carboxylic acids is 1. The third kappa shape index (κ3) is 10.5.